The van der Waals surface area contributed by atoms with Gasteiger partial charge in [0.15, 0.2) is 0 Å². The number of rotatable bonds is 3. The summed E-state index contributed by atoms with van der Waals surface area (Å²) in [7, 11) is -3.53. The molecule has 0 amide bonds. The second-order valence-corrected chi connectivity index (χ2v) is 7.98. The maximum absolute atomic E-state index is 12.7. The molecule has 1 aliphatic rings. The van der Waals surface area contributed by atoms with E-state index in [1.54, 1.807) is 12.1 Å². The van der Waals surface area contributed by atoms with Crippen LogP contribution in [0.5, 0.6) is 0 Å². The molecule has 1 unspecified atom stereocenters. The molecule has 0 bridgehead atoms. The number of benzene rings is 2. The molecule has 0 heterocycles. The van der Waals surface area contributed by atoms with E-state index in [0.717, 1.165) is 47.2 Å². The fourth-order valence-electron chi connectivity index (χ4n) is 3.09. The zero-order valence-corrected chi connectivity index (χ0v) is 14.3. The first-order valence-corrected chi connectivity index (χ1v) is 9.33. The summed E-state index contributed by atoms with van der Waals surface area (Å²) in [5, 5.41) is 0. The van der Waals surface area contributed by atoms with Crippen LogP contribution in [0.25, 0.3) is 0 Å². The van der Waals surface area contributed by atoms with Gasteiger partial charge in [-0.05, 0) is 79.6 Å². The molecule has 3 rings (SSSR count). The molecule has 4 nitrogen and oxygen atoms in total. The van der Waals surface area contributed by atoms with Crippen LogP contribution in [0, 0.1) is 13.8 Å². The number of anilines is 1. The summed E-state index contributed by atoms with van der Waals surface area (Å²) in [5.74, 6) is 0. The molecule has 3 N–H and O–H groups in total. The zero-order chi connectivity index (χ0) is 16.6. The Labute approximate surface area is 137 Å². The molecule has 23 heavy (non-hydrogen) atoms. The van der Waals surface area contributed by atoms with E-state index in [0.29, 0.717) is 4.90 Å². The summed E-state index contributed by atoms with van der Waals surface area (Å²) in [5.41, 5.74) is 10.8. The molecule has 5 heteroatoms. The normalized spacial score (nSPS) is 17.7. The van der Waals surface area contributed by atoms with Crippen LogP contribution in [0.3, 0.4) is 0 Å². The molecule has 0 saturated heterocycles. The van der Waals surface area contributed by atoms with Gasteiger partial charge in [0.05, 0.1) is 4.90 Å². The van der Waals surface area contributed by atoms with Crippen molar-refractivity contribution >= 4 is 15.7 Å². The van der Waals surface area contributed by atoms with Crippen molar-refractivity contribution in [2.45, 2.75) is 44.0 Å². The first-order valence-electron chi connectivity index (χ1n) is 7.85. The summed E-state index contributed by atoms with van der Waals surface area (Å²) in [6.07, 6.45) is 2.71. The lowest BCUT2D eigenvalue weighted by Gasteiger charge is -2.26. The van der Waals surface area contributed by atoms with Crippen LogP contribution in [0.2, 0.25) is 0 Å². The highest BCUT2D eigenvalue weighted by molar-refractivity contribution is 7.89. The lowest BCUT2D eigenvalue weighted by atomic mass is 9.88. The summed E-state index contributed by atoms with van der Waals surface area (Å²) in [6.45, 7) is 3.90. The van der Waals surface area contributed by atoms with Gasteiger partial charge in [0.2, 0.25) is 10.0 Å². The molecular weight excluding hydrogens is 308 g/mol. The van der Waals surface area contributed by atoms with E-state index in [4.69, 9.17) is 5.73 Å². The molecule has 0 spiro atoms. The van der Waals surface area contributed by atoms with Gasteiger partial charge in [0, 0.05) is 11.7 Å². The minimum absolute atomic E-state index is 0.189. The average molecular weight is 330 g/mol. The van der Waals surface area contributed by atoms with Gasteiger partial charge in [-0.1, -0.05) is 12.1 Å². The molecule has 0 fully saturated rings. The Morgan fingerprint density at radius 3 is 2.61 bits per heavy atom. The molecule has 1 aliphatic carbocycles. The minimum atomic E-state index is -3.53. The predicted molar refractivity (Wildman–Crippen MR) is 92.8 cm³/mol. The Balaban J connectivity index is 1.91. The third-order valence-electron chi connectivity index (χ3n) is 4.57. The first kappa shape index (κ1) is 16.0. The highest BCUT2D eigenvalue weighted by atomic mass is 32.2. The van der Waals surface area contributed by atoms with E-state index in [-0.39, 0.29) is 6.04 Å². The van der Waals surface area contributed by atoms with Crippen LogP contribution < -0.4 is 10.5 Å². The van der Waals surface area contributed by atoms with Crippen molar-refractivity contribution in [3.63, 3.8) is 0 Å². The highest BCUT2D eigenvalue weighted by Gasteiger charge is 2.26. The van der Waals surface area contributed by atoms with Crippen LogP contribution in [0.4, 0.5) is 5.69 Å². The van der Waals surface area contributed by atoms with Gasteiger partial charge in [-0.3, -0.25) is 0 Å². The molecule has 0 saturated carbocycles. The zero-order valence-electron chi connectivity index (χ0n) is 13.5. The van der Waals surface area contributed by atoms with Crippen molar-refractivity contribution in [3.05, 3.63) is 58.7 Å². The van der Waals surface area contributed by atoms with Gasteiger partial charge in [0.25, 0.3) is 0 Å². The van der Waals surface area contributed by atoms with E-state index in [9.17, 15) is 8.42 Å². The number of sulfonamides is 1. The van der Waals surface area contributed by atoms with Crippen molar-refractivity contribution < 1.29 is 8.42 Å². The number of nitrogens with two attached hydrogens (primary N) is 1. The van der Waals surface area contributed by atoms with Crippen molar-refractivity contribution in [2.24, 2.45) is 0 Å². The lowest BCUT2D eigenvalue weighted by molar-refractivity contribution is 0.507. The maximum Gasteiger partial charge on any atom is 0.241 e. The molecule has 0 aromatic heterocycles. The van der Waals surface area contributed by atoms with Crippen LogP contribution in [0.15, 0.2) is 41.3 Å². The van der Waals surface area contributed by atoms with Crippen LogP contribution in [-0.4, -0.2) is 8.42 Å². The van der Waals surface area contributed by atoms with Gasteiger partial charge >= 0.3 is 0 Å². The van der Waals surface area contributed by atoms with Crippen molar-refractivity contribution in [1.29, 1.82) is 0 Å². The Bertz CT molecular complexity index is 844. The molecule has 0 aliphatic heterocycles. The van der Waals surface area contributed by atoms with Crippen LogP contribution >= 0.6 is 0 Å². The Morgan fingerprint density at radius 2 is 1.87 bits per heavy atom. The number of nitrogen functional groups attached to an aromatic ring is 1. The molecule has 1 atom stereocenters. The number of nitrogens with one attached hydrogen (secondary N) is 1. The largest absolute Gasteiger partial charge is 0.399 e. The van der Waals surface area contributed by atoms with Crippen molar-refractivity contribution in [2.75, 3.05) is 5.73 Å². The van der Waals surface area contributed by atoms with Gasteiger partial charge in [0.1, 0.15) is 0 Å². The van der Waals surface area contributed by atoms with Gasteiger partial charge in [-0.15, -0.1) is 0 Å². The smallest absolute Gasteiger partial charge is 0.241 e. The fourth-order valence-corrected chi connectivity index (χ4v) is 4.43. The number of hydrogen-bond acceptors (Lipinski definition) is 3. The maximum atomic E-state index is 12.7. The van der Waals surface area contributed by atoms with Crippen molar-refractivity contribution in [1.82, 2.24) is 4.72 Å². The highest BCUT2D eigenvalue weighted by Crippen LogP contribution is 2.32. The fraction of sp³-hybridized carbons (Fsp3) is 0.333. The van der Waals surface area contributed by atoms with E-state index in [1.807, 2.05) is 38.1 Å². The Morgan fingerprint density at radius 1 is 1.09 bits per heavy atom. The van der Waals surface area contributed by atoms with Crippen LogP contribution in [0.1, 0.15) is 41.1 Å². The molecule has 2 aromatic carbocycles. The Kier molecular flexibility index (Phi) is 4.17. The third-order valence-corrected chi connectivity index (χ3v) is 6.04. The Hall–Kier alpha value is -1.85. The summed E-state index contributed by atoms with van der Waals surface area (Å²) < 4.78 is 28.3. The van der Waals surface area contributed by atoms with Gasteiger partial charge in [-0.25, -0.2) is 13.1 Å². The molecule has 2 aromatic rings. The molecule has 122 valence electrons. The van der Waals surface area contributed by atoms with Gasteiger partial charge in [-0.2, -0.15) is 0 Å². The third kappa shape index (κ3) is 3.26. The van der Waals surface area contributed by atoms with E-state index in [2.05, 4.69) is 4.72 Å². The predicted octanol–water partition coefficient (Wildman–Crippen LogP) is 3.24. The minimum Gasteiger partial charge on any atom is -0.399 e. The second kappa shape index (κ2) is 5.98. The SMILES string of the molecule is Cc1ccc(S(=O)(=O)NC2CCCc3cc(N)ccc32)cc1C. The standard InChI is InChI=1S/C18H22N2O2S/c1-12-6-8-16(10-13(12)2)23(21,22)20-18-5-3-4-14-11-15(19)7-9-17(14)18/h6-11,18,20H,3-5,19H2,1-2H3. The monoisotopic (exact) mass is 330 g/mol. The van der Waals surface area contributed by atoms with E-state index in [1.165, 1.54) is 0 Å². The molecule has 0 radical (unpaired) electrons. The van der Waals surface area contributed by atoms with Crippen LogP contribution in [-0.2, 0) is 16.4 Å². The number of hydrogen-bond donors (Lipinski definition) is 2. The lowest BCUT2D eigenvalue weighted by Crippen LogP contribution is -2.31. The topological polar surface area (TPSA) is 72.2 Å². The second-order valence-electron chi connectivity index (χ2n) is 6.27. The average Bonchev–Trinajstić information content (AvgIpc) is 2.49. The first-order chi connectivity index (χ1) is 10.9. The van der Waals surface area contributed by atoms with E-state index >= 15 is 0 Å². The molecular formula is C18H22N2O2S. The number of aryl methyl sites for hydroxylation is 3. The summed E-state index contributed by atoms with van der Waals surface area (Å²) in [6, 6.07) is 10.8. The van der Waals surface area contributed by atoms with E-state index < -0.39 is 10.0 Å². The number of fused-ring (bicyclic) bond motifs is 1. The van der Waals surface area contributed by atoms with Crippen molar-refractivity contribution in [3.8, 4) is 0 Å². The quantitative estimate of drug-likeness (QED) is 0.849. The van der Waals surface area contributed by atoms with Gasteiger partial charge < -0.3 is 5.73 Å². The summed E-state index contributed by atoms with van der Waals surface area (Å²) in [4.78, 5) is 0.322. The summed E-state index contributed by atoms with van der Waals surface area (Å²) >= 11 is 0.